The monoisotopic (exact) mass is 434 g/mol. The minimum absolute atomic E-state index is 0.00121. The second-order valence-corrected chi connectivity index (χ2v) is 6.16. The average molecular weight is 434 g/mol. The first kappa shape index (κ1) is 23.3. The van der Waals surface area contributed by atoms with Gasteiger partial charge in [0.05, 0.1) is 18.8 Å². The highest BCUT2D eigenvalue weighted by molar-refractivity contribution is 5.80. The van der Waals surface area contributed by atoms with Crippen LogP contribution in [0.15, 0.2) is 24.3 Å². The Bertz CT molecular complexity index is 977. The third-order valence-electron chi connectivity index (χ3n) is 4.39. The molecule has 0 spiro atoms. The van der Waals surface area contributed by atoms with Crippen LogP contribution in [-0.2, 0) is 22.5 Å². The third-order valence-corrected chi connectivity index (χ3v) is 4.39. The lowest BCUT2D eigenvalue weighted by molar-refractivity contribution is -0.122. The number of carbonyl (C=O) groups is 2. The van der Waals surface area contributed by atoms with Gasteiger partial charge in [-0.25, -0.2) is 9.78 Å². The number of alkyl halides is 2. The maximum Gasteiger partial charge on any atom is 0.410 e. The predicted octanol–water partition coefficient (Wildman–Crippen LogP) is 3.02. The van der Waals surface area contributed by atoms with Crippen LogP contribution in [0.3, 0.4) is 0 Å². The Hall–Kier alpha value is -3.94. The summed E-state index contributed by atoms with van der Waals surface area (Å²) >= 11 is 0. The highest BCUT2D eigenvalue weighted by Crippen LogP contribution is 2.36. The summed E-state index contributed by atoms with van der Waals surface area (Å²) < 4.78 is 34.2. The highest BCUT2D eigenvalue weighted by Gasteiger charge is 2.28. The number of carbonyl (C=O) groups excluding carboxylic acids is 1. The Morgan fingerprint density at radius 3 is 2.61 bits per heavy atom. The van der Waals surface area contributed by atoms with Crippen molar-refractivity contribution in [2.45, 2.75) is 26.5 Å². The minimum Gasteiger partial charge on any atom is -0.483 e. The second kappa shape index (κ2) is 10.7. The third kappa shape index (κ3) is 5.57. The fourth-order valence-corrected chi connectivity index (χ4v) is 3.19. The van der Waals surface area contributed by atoms with Gasteiger partial charge in [0.1, 0.15) is 23.2 Å². The number of nitrogens with zero attached hydrogens (tertiary/aromatic N) is 3. The molecule has 2 aromatic rings. The van der Waals surface area contributed by atoms with Gasteiger partial charge in [0.2, 0.25) is 0 Å². The van der Waals surface area contributed by atoms with Crippen molar-refractivity contribution in [1.82, 2.24) is 9.88 Å². The number of anilines is 1. The number of amides is 1. The Balaban J connectivity index is 0.00000107. The molecule has 0 bridgehead atoms. The van der Waals surface area contributed by atoms with E-state index in [1.54, 1.807) is 19.1 Å². The van der Waals surface area contributed by atoms with Gasteiger partial charge in [-0.3, -0.25) is 4.79 Å². The number of hydrogen-bond donors (Lipinski definition) is 2. The number of aromatic nitrogens is 1. The largest absolute Gasteiger partial charge is 0.483 e. The van der Waals surface area contributed by atoms with E-state index in [4.69, 9.17) is 20.4 Å². The number of pyridine rings is 1. The topological polar surface area (TPSA) is 139 Å². The minimum atomic E-state index is -2.93. The van der Waals surface area contributed by atoms with Crippen molar-refractivity contribution in [2.75, 3.05) is 18.9 Å². The predicted molar refractivity (Wildman–Crippen MR) is 105 cm³/mol. The fourth-order valence-electron chi connectivity index (χ4n) is 3.19. The highest BCUT2D eigenvalue weighted by atomic mass is 19.3. The van der Waals surface area contributed by atoms with Crippen LogP contribution in [0.1, 0.15) is 23.7 Å². The number of nitrogens with two attached hydrogens (primary N) is 1. The molecule has 3 rings (SSSR count). The van der Waals surface area contributed by atoms with Crippen molar-refractivity contribution in [3.8, 4) is 22.9 Å². The maximum absolute atomic E-state index is 12.4. The summed E-state index contributed by atoms with van der Waals surface area (Å²) in [6.45, 7) is -0.571. The van der Waals surface area contributed by atoms with Crippen molar-refractivity contribution in [2.24, 2.45) is 0 Å². The molecule has 1 aliphatic rings. The zero-order valence-corrected chi connectivity index (χ0v) is 16.5. The van der Waals surface area contributed by atoms with Gasteiger partial charge < -0.3 is 25.2 Å². The number of nitrogen functional groups attached to an aromatic ring is 1. The van der Waals surface area contributed by atoms with Gasteiger partial charge in [0, 0.05) is 24.1 Å². The van der Waals surface area contributed by atoms with Crippen LogP contribution in [0.5, 0.6) is 5.75 Å². The van der Waals surface area contributed by atoms with Gasteiger partial charge >= 0.3 is 12.7 Å². The van der Waals surface area contributed by atoms with Crippen LogP contribution in [0.4, 0.5) is 19.4 Å². The van der Waals surface area contributed by atoms with Crippen molar-refractivity contribution in [3.63, 3.8) is 0 Å². The average Bonchev–Trinajstić information content (AvgIpc) is 2.73. The maximum atomic E-state index is 12.4. The van der Waals surface area contributed by atoms with Gasteiger partial charge in [-0.2, -0.15) is 14.0 Å². The number of benzene rings is 1. The molecular formula is C20H20F2N4O5. The first-order valence-corrected chi connectivity index (χ1v) is 9.12. The molecule has 1 aromatic carbocycles. The Morgan fingerprint density at radius 1 is 1.42 bits per heavy atom. The molecule has 0 aliphatic carbocycles. The number of rotatable bonds is 4. The van der Waals surface area contributed by atoms with Gasteiger partial charge in [-0.15, -0.1) is 0 Å². The molecule has 0 radical (unpaired) electrons. The first-order chi connectivity index (χ1) is 14.9. The van der Waals surface area contributed by atoms with E-state index < -0.39 is 12.7 Å². The molecule has 0 fully saturated rings. The molecule has 1 aromatic heterocycles. The smallest absolute Gasteiger partial charge is 0.410 e. The molecule has 9 nitrogen and oxygen atoms in total. The molecule has 164 valence electrons. The number of halogens is 2. The van der Waals surface area contributed by atoms with E-state index in [-0.39, 0.29) is 36.8 Å². The number of fused-ring (bicyclic) bond motifs is 1. The molecule has 1 aliphatic heterocycles. The molecule has 0 unspecified atom stereocenters. The zero-order chi connectivity index (χ0) is 23.0. The number of hydrogen-bond acceptors (Lipinski definition) is 7. The van der Waals surface area contributed by atoms with Gasteiger partial charge in [0.25, 0.3) is 6.47 Å². The summed E-state index contributed by atoms with van der Waals surface area (Å²) in [4.78, 5) is 26.3. The van der Waals surface area contributed by atoms with Crippen molar-refractivity contribution in [3.05, 3.63) is 41.1 Å². The summed E-state index contributed by atoms with van der Waals surface area (Å²) in [6, 6.07) is 7.96. The summed E-state index contributed by atoms with van der Waals surface area (Å²) in [7, 11) is 0. The molecule has 31 heavy (non-hydrogen) atoms. The first-order valence-electron chi connectivity index (χ1n) is 9.12. The molecule has 11 heteroatoms. The lowest BCUT2D eigenvalue weighted by atomic mass is 9.91. The summed E-state index contributed by atoms with van der Waals surface area (Å²) in [6.07, 6.45) is 0.0130. The molecule has 2 heterocycles. The van der Waals surface area contributed by atoms with Crippen molar-refractivity contribution < 1.29 is 33.0 Å². The van der Waals surface area contributed by atoms with E-state index in [9.17, 15) is 18.8 Å². The Morgan fingerprint density at radius 2 is 2.06 bits per heavy atom. The summed E-state index contributed by atoms with van der Waals surface area (Å²) in [5.74, 6) is 0.0926. The van der Waals surface area contributed by atoms with E-state index in [0.29, 0.717) is 35.3 Å². The van der Waals surface area contributed by atoms with Gasteiger partial charge in [-0.1, -0.05) is 12.1 Å². The van der Waals surface area contributed by atoms with Crippen molar-refractivity contribution >= 4 is 18.4 Å². The number of ether oxygens (including phenoxy) is 2. The molecular weight excluding hydrogens is 414 g/mol. The van der Waals surface area contributed by atoms with Crippen LogP contribution in [0.2, 0.25) is 0 Å². The van der Waals surface area contributed by atoms with E-state index in [0.717, 1.165) is 0 Å². The van der Waals surface area contributed by atoms with E-state index in [2.05, 4.69) is 15.8 Å². The Labute approximate surface area is 176 Å². The summed E-state index contributed by atoms with van der Waals surface area (Å²) in [5.41, 5.74) is 8.65. The van der Waals surface area contributed by atoms with Gasteiger partial charge in [0.15, 0.2) is 0 Å². The molecule has 0 atom stereocenters. The molecule has 1 amide bonds. The second-order valence-electron chi connectivity index (χ2n) is 6.16. The van der Waals surface area contributed by atoms with Crippen LogP contribution >= 0.6 is 0 Å². The van der Waals surface area contributed by atoms with Crippen LogP contribution in [0, 0.1) is 11.3 Å². The van der Waals surface area contributed by atoms with Gasteiger partial charge in [-0.05, 0) is 24.6 Å². The molecule has 3 N–H and O–H groups in total. The summed E-state index contributed by atoms with van der Waals surface area (Å²) in [5, 5.41) is 16.5. The van der Waals surface area contributed by atoms with Crippen molar-refractivity contribution in [1.29, 1.82) is 5.26 Å². The SMILES string of the molecule is CCOC(=O)N1CCc2nc(N)c(C#N)c(-c3ccc(OC(F)F)cc3)c2C1.O=CO. The quantitative estimate of drug-likeness (QED) is 0.700. The Kier molecular flexibility index (Phi) is 8.08. The standard InChI is InChI=1S/C19H18F2N4O3.CH2O2/c1-2-27-19(26)25-8-7-15-14(10-25)16(13(9-22)17(23)24-15)11-3-5-12(6-4-11)28-18(20)21;2-1-3/h3-6,18H,2,7-8,10H2,1H3,(H2,23,24);1H,(H,2,3). The fraction of sp³-hybridized carbons (Fsp3) is 0.300. The van der Waals surface area contributed by atoms with E-state index in [1.807, 2.05) is 0 Å². The zero-order valence-electron chi connectivity index (χ0n) is 16.5. The van der Waals surface area contributed by atoms with Crippen LogP contribution in [-0.4, -0.2) is 47.3 Å². The molecule has 0 saturated heterocycles. The lowest BCUT2D eigenvalue weighted by Gasteiger charge is -2.29. The van der Waals surface area contributed by atoms with E-state index in [1.165, 1.54) is 17.0 Å². The lowest BCUT2D eigenvalue weighted by Crippen LogP contribution is -2.37. The normalized spacial score (nSPS) is 12.2. The number of carboxylic acid groups (broad SMARTS) is 1. The molecule has 0 saturated carbocycles. The van der Waals surface area contributed by atoms with E-state index >= 15 is 0 Å². The van der Waals surface area contributed by atoms with Crippen LogP contribution in [0.25, 0.3) is 11.1 Å². The van der Waals surface area contributed by atoms with Crippen LogP contribution < -0.4 is 10.5 Å². The number of nitriles is 1.